The van der Waals surface area contributed by atoms with E-state index in [1.165, 1.54) is 0 Å². The maximum Gasteiger partial charge on any atom is 0.217 e. The fraction of sp³-hybridized carbons (Fsp3) is 0.909. The highest BCUT2D eigenvalue weighted by atomic mass is 32.2. The Labute approximate surface area is 109 Å². The number of nitrogens with zero attached hydrogens (tertiary/aromatic N) is 1. The van der Waals surface area contributed by atoms with Gasteiger partial charge in [-0.15, -0.1) is 0 Å². The lowest BCUT2D eigenvalue weighted by atomic mass is 10.0. The lowest BCUT2D eigenvalue weighted by Crippen LogP contribution is -2.47. The minimum absolute atomic E-state index is 0.203. The van der Waals surface area contributed by atoms with Gasteiger partial charge in [0, 0.05) is 6.54 Å². The quantitative estimate of drug-likeness (QED) is 0.791. The van der Waals surface area contributed by atoms with Gasteiger partial charge in [0.05, 0.1) is 16.3 Å². The van der Waals surface area contributed by atoms with Crippen molar-refractivity contribution < 1.29 is 8.42 Å². The molecule has 0 aromatic carbocycles. The van der Waals surface area contributed by atoms with E-state index < -0.39 is 10.0 Å². The number of hydrogen-bond acceptors (Lipinski definition) is 3. The molecule has 0 spiro atoms. The molecule has 1 atom stereocenters. The third-order valence-corrected chi connectivity index (χ3v) is 6.51. The van der Waals surface area contributed by atoms with Crippen molar-refractivity contribution in [1.29, 1.82) is 0 Å². The first kappa shape index (κ1) is 13.2. The molecular weight excluding hydrogens is 256 g/mol. The molecule has 1 saturated carbocycles. The highest BCUT2D eigenvalue weighted by Crippen LogP contribution is 2.30. The van der Waals surface area contributed by atoms with Gasteiger partial charge in [-0.05, 0) is 25.7 Å². The van der Waals surface area contributed by atoms with Crippen LogP contribution in [0.4, 0.5) is 0 Å². The second kappa shape index (κ2) is 5.20. The maximum absolute atomic E-state index is 12.5. The summed E-state index contributed by atoms with van der Waals surface area (Å²) in [4.78, 5) is 0.321. The molecule has 1 aliphatic heterocycles. The molecule has 6 heteroatoms. The van der Waals surface area contributed by atoms with Crippen molar-refractivity contribution in [1.82, 2.24) is 4.31 Å². The monoisotopic (exact) mass is 276 g/mol. The van der Waals surface area contributed by atoms with Crippen LogP contribution in [0.3, 0.4) is 0 Å². The molecule has 17 heavy (non-hydrogen) atoms. The van der Waals surface area contributed by atoms with Crippen molar-refractivity contribution in [3.05, 3.63) is 0 Å². The predicted octanol–water partition coefficient (Wildman–Crippen LogP) is 1.40. The molecule has 1 unspecified atom stereocenters. The molecule has 1 heterocycles. The maximum atomic E-state index is 12.5. The van der Waals surface area contributed by atoms with E-state index in [0.717, 1.165) is 44.9 Å². The number of rotatable bonds is 3. The van der Waals surface area contributed by atoms with Gasteiger partial charge in [-0.2, -0.15) is 4.31 Å². The first-order valence-electron chi connectivity index (χ1n) is 6.33. The third kappa shape index (κ3) is 2.63. The second-order valence-electron chi connectivity index (χ2n) is 4.98. The summed E-state index contributed by atoms with van der Waals surface area (Å²) in [5.74, 6) is 0. The van der Waals surface area contributed by atoms with Crippen LogP contribution in [0.15, 0.2) is 0 Å². The average molecular weight is 276 g/mol. The minimum Gasteiger partial charge on any atom is -0.392 e. The van der Waals surface area contributed by atoms with E-state index >= 15 is 0 Å². The largest absolute Gasteiger partial charge is 0.392 e. The van der Waals surface area contributed by atoms with Crippen molar-refractivity contribution in [3.63, 3.8) is 0 Å². The summed E-state index contributed by atoms with van der Waals surface area (Å²) in [6, 6.07) is -0.239. The van der Waals surface area contributed by atoms with Crippen LogP contribution in [0.2, 0.25) is 0 Å². The fourth-order valence-electron chi connectivity index (χ4n) is 2.88. The summed E-state index contributed by atoms with van der Waals surface area (Å²) < 4.78 is 26.6. The van der Waals surface area contributed by atoms with Crippen molar-refractivity contribution in [3.8, 4) is 0 Å². The Morgan fingerprint density at radius 3 is 2.35 bits per heavy atom. The number of sulfonamides is 1. The van der Waals surface area contributed by atoms with Crippen LogP contribution in [0.25, 0.3) is 0 Å². The Morgan fingerprint density at radius 1 is 1.12 bits per heavy atom. The van der Waals surface area contributed by atoms with Gasteiger partial charge in [-0.3, -0.25) is 0 Å². The van der Waals surface area contributed by atoms with Gasteiger partial charge < -0.3 is 5.73 Å². The van der Waals surface area contributed by atoms with E-state index in [4.69, 9.17) is 18.0 Å². The van der Waals surface area contributed by atoms with Crippen molar-refractivity contribution in [2.24, 2.45) is 5.73 Å². The van der Waals surface area contributed by atoms with Gasteiger partial charge in [0.1, 0.15) is 0 Å². The molecule has 0 amide bonds. The molecule has 0 bridgehead atoms. The number of hydrogen-bond donors (Lipinski definition) is 1. The summed E-state index contributed by atoms with van der Waals surface area (Å²) in [6.45, 7) is 0.584. The normalized spacial score (nSPS) is 28.4. The van der Waals surface area contributed by atoms with Crippen molar-refractivity contribution >= 4 is 27.2 Å². The SMILES string of the molecule is NC(=S)C1CCCN1S(=O)(=O)C1CCCCC1. The Bertz CT molecular complexity index is 388. The zero-order valence-electron chi connectivity index (χ0n) is 9.97. The summed E-state index contributed by atoms with van der Waals surface area (Å²) in [5.41, 5.74) is 5.64. The van der Waals surface area contributed by atoms with Gasteiger partial charge in [0.15, 0.2) is 0 Å². The first-order chi connectivity index (χ1) is 8.03. The average Bonchev–Trinajstić information content (AvgIpc) is 2.80. The highest BCUT2D eigenvalue weighted by molar-refractivity contribution is 7.89. The van der Waals surface area contributed by atoms with Crippen LogP contribution < -0.4 is 5.73 Å². The summed E-state index contributed by atoms with van der Waals surface area (Å²) in [7, 11) is -3.19. The van der Waals surface area contributed by atoms with Crippen LogP contribution in [-0.4, -0.2) is 35.5 Å². The number of nitrogens with two attached hydrogens (primary N) is 1. The van der Waals surface area contributed by atoms with Gasteiger partial charge in [0.2, 0.25) is 10.0 Å². The molecule has 4 nitrogen and oxygen atoms in total. The van der Waals surface area contributed by atoms with E-state index in [2.05, 4.69) is 0 Å². The summed E-state index contributed by atoms with van der Waals surface area (Å²) >= 11 is 4.97. The topological polar surface area (TPSA) is 63.4 Å². The molecular formula is C11H20N2O2S2. The molecule has 2 N–H and O–H groups in total. The molecule has 1 saturated heterocycles. The van der Waals surface area contributed by atoms with Gasteiger partial charge in [-0.1, -0.05) is 31.5 Å². The lowest BCUT2D eigenvalue weighted by Gasteiger charge is -2.30. The molecule has 0 aromatic rings. The van der Waals surface area contributed by atoms with Gasteiger partial charge in [0.25, 0.3) is 0 Å². The molecule has 1 aliphatic carbocycles. The number of thiocarbonyl (C=S) groups is 1. The van der Waals surface area contributed by atoms with E-state index in [9.17, 15) is 8.42 Å². The summed E-state index contributed by atoms with van der Waals surface area (Å²) in [6.07, 6.45) is 6.44. The Kier molecular flexibility index (Phi) is 4.05. The zero-order chi connectivity index (χ0) is 12.5. The molecule has 0 aromatic heterocycles. The van der Waals surface area contributed by atoms with Crippen LogP contribution in [0.1, 0.15) is 44.9 Å². The zero-order valence-corrected chi connectivity index (χ0v) is 11.6. The molecule has 2 aliphatic rings. The predicted molar refractivity (Wildman–Crippen MR) is 72.3 cm³/mol. The third-order valence-electron chi connectivity index (χ3n) is 3.83. The van der Waals surface area contributed by atoms with Gasteiger partial charge >= 0.3 is 0 Å². The van der Waals surface area contributed by atoms with Crippen LogP contribution in [0.5, 0.6) is 0 Å². The minimum atomic E-state index is -3.19. The van der Waals surface area contributed by atoms with Gasteiger partial charge in [-0.25, -0.2) is 8.42 Å². The second-order valence-corrected chi connectivity index (χ2v) is 7.61. The molecule has 2 rings (SSSR count). The van der Waals surface area contributed by atoms with Crippen LogP contribution in [0, 0.1) is 0 Å². The molecule has 2 fully saturated rings. The van der Waals surface area contributed by atoms with Crippen LogP contribution in [-0.2, 0) is 10.0 Å². The van der Waals surface area contributed by atoms with Crippen molar-refractivity contribution in [2.75, 3.05) is 6.54 Å². The summed E-state index contributed by atoms with van der Waals surface area (Å²) in [5, 5.41) is -0.203. The fourth-order valence-corrected chi connectivity index (χ4v) is 5.46. The van der Waals surface area contributed by atoms with E-state index in [1.54, 1.807) is 4.31 Å². The van der Waals surface area contributed by atoms with Crippen LogP contribution >= 0.6 is 12.2 Å². The Balaban J connectivity index is 2.16. The molecule has 98 valence electrons. The first-order valence-corrected chi connectivity index (χ1v) is 8.24. The highest BCUT2D eigenvalue weighted by Gasteiger charge is 2.40. The van der Waals surface area contributed by atoms with Crippen molar-refractivity contribution in [2.45, 2.75) is 56.2 Å². The Hall–Kier alpha value is -0.200. The molecule has 0 radical (unpaired) electrons. The standard InChI is InChI=1S/C11H20N2O2S2/c12-11(16)10-7-4-8-13(10)17(14,15)9-5-2-1-3-6-9/h9-10H,1-8H2,(H2,12,16). The Morgan fingerprint density at radius 2 is 1.76 bits per heavy atom. The van der Waals surface area contributed by atoms with E-state index in [-0.39, 0.29) is 11.3 Å². The van der Waals surface area contributed by atoms with E-state index in [1.807, 2.05) is 0 Å². The smallest absolute Gasteiger partial charge is 0.217 e. The van der Waals surface area contributed by atoms with E-state index in [0.29, 0.717) is 11.5 Å². The lowest BCUT2D eigenvalue weighted by molar-refractivity contribution is 0.410.